The summed E-state index contributed by atoms with van der Waals surface area (Å²) < 4.78 is 28.2. The molecule has 2 N–H and O–H groups in total. The van der Waals surface area contributed by atoms with Crippen molar-refractivity contribution in [2.24, 2.45) is 5.41 Å². The van der Waals surface area contributed by atoms with Gasteiger partial charge in [-0.25, -0.2) is 13.1 Å². The van der Waals surface area contributed by atoms with Crippen molar-refractivity contribution in [3.63, 3.8) is 0 Å². The molecule has 0 spiro atoms. The van der Waals surface area contributed by atoms with Gasteiger partial charge in [0.1, 0.15) is 0 Å². The van der Waals surface area contributed by atoms with E-state index in [2.05, 4.69) is 27.6 Å². The van der Waals surface area contributed by atoms with E-state index in [1.807, 2.05) is 0 Å². The fourth-order valence-corrected chi connectivity index (χ4v) is 5.25. The maximum absolute atomic E-state index is 12.5. The summed E-state index contributed by atoms with van der Waals surface area (Å²) in [5.74, 6) is 0. The van der Waals surface area contributed by atoms with Crippen LogP contribution in [-0.4, -0.2) is 20.1 Å². The van der Waals surface area contributed by atoms with Gasteiger partial charge in [0.2, 0.25) is 10.0 Å². The van der Waals surface area contributed by atoms with Gasteiger partial charge in [0.15, 0.2) is 0 Å². The number of hydrogen-bond donors (Lipinski definition) is 2. The molecule has 6 heteroatoms. The second kappa shape index (κ2) is 6.77. The molecular formula is C15H22BrNO3S. The summed E-state index contributed by atoms with van der Waals surface area (Å²) >= 11 is 3.28. The molecule has 1 aromatic carbocycles. The van der Waals surface area contributed by atoms with E-state index < -0.39 is 10.0 Å². The summed E-state index contributed by atoms with van der Waals surface area (Å²) in [6, 6.07) is 4.80. The lowest BCUT2D eigenvalue weighted by molar-refractivity contribution is 0.281. The van der Waals surface area contributed by atoms with Crippen molar-refractivity contribution in [3.8, 4) is 0 Å². The molecule has 0 bridgehead atoms. The molecule has 0 amide bonds. The standard InChI is InChI=1S/C15H22BrNO3S/c1-2-15(7-3-4-8-15)11-17-21(19,20)14-6-5-12(10-18)9-13(14)16/h5-6,9,17-18H,2-4,7-8,10-11H2,1H3. The van der Waals surface area contributed by atoms with E-state index in [1.54, 1.807) is 12.1 Å². The quantitative estimate of drug-likeness (QED) is 0.801. The first kappa shape index (κ1) is 16.9. The minimum absolute atomic E-state index is 0.106. The highest BCUT2D eigenvalue weighted by Crippen LogP contribution is 2.40. The van der Waals surface area contributed by atoms with Gasteiger partial charge in [0.05, 0.1) is 11.5 Å². The first-order valence-electron chi connectivity index (χ1n) is 7.31. The van der Waals surface area contributed by atoms with Gasteiger partial charge < -0.3 is 5.11 Å². The highest BCUT2D eigenvalue weighted by Gasteiger charge is 2.33. The summed E-state index contributed by atoms with van der Waals surface area (Å²) in [4.78, 5) is 0.226. The molecule has 0 heterocycles. The predicted molar refractivity (Wildman–Crippen MR) is 86.4 cm³/mol. The van der Waals surface area contributed by atoms with Crippen LogP contribution in [-0.2, 0) is 16.6 Å². The summed E-state index contributed by atoms with van der Waals surface area (Å²) in [7, 11) is -3.53. The van der Waals surface area contributed by atoms with Crippen molar-refractivity contribution in [2.75, 3.05) is 6.54 Å². The molecule has 0 radical (unpaired) electrons. The highest BCUT2D eigenvalue weighted by molar-refractivity contribution is 9.10. The molecule has 1 fully saturated rings. The lowest BCUT2D eigenvalue weighted by atomic mass is 9.84. The highest BCUT2D eigenvalue weighted by atomic mass is 79.9. The number of rotatable bonds is 6. The van der Waals surface area contributed by atoms with Gasteiger partial charge in [-0.2, -0.15) is 0 Å². The lowest BCUT2D eigenvalue weighted by Gasteiger charge is -2.27. The van der Waals surface area contributed by atoms with Crippen molar-refractivity contribution in [1.82, 2.24) is 4.72 Å². The number of nitrogens with one attached hydrogen (secondary N) is 1. The molecule has 0 atom stereocenters. The van der Waals surface area contributed by atoms with E-state index in [0.29, 0.717) is 16.6 Å². The van der Waals surface area contributed by atoms with Crippen LogP contribution in [0.2, 0.25) is 0 Å². The van der Waals surface area contributed by atoms with Crippen LogP contribution in [0.3, 0.4) is 0 Å². The summed E-state index contributed by atoms with van der Waals surface area (Å²) in [6.07, 6.45) is 5.56. The average molecular weight is 376 g/mol. The third-order valence-corrected chi connectivity index (χ3v) is 6.90. The molecule has 0 aromatic heterocycles. The Balaban J connectivity index is 2.15. The third-order valence-electron chi connectivity index (χ3n) is 4.52. The van der Waals surface area contributed by atoms with Gasteiger partial charge in [-0.3, -0.25) is 0 Å². The smallest absolute Gasteiger partial charge is 0.241 e. The van der Waals surface area contributed by atoms with Crippen molar-refractivity contribution < 1.29 is 13.5 Å². The summed E-state index contributed by atoms with van der Waals surface area (Å²) in [5.41, 5.74) is 0.798. The van der Waals surface area contributed by atoms with Crippen LogP contribution in [0.15, 0.2) is 27.6 Å². The van der Waals surface area contributed by atoms with E-state index in [4.69, 9.17) is 5.11 Å². The average Bonchev–Trinajstić information content (AvgIpc) is 2.94. The van der Waals surface area contributed by atoms with E-state index in [-0.39, 0.29) is 16.9 Å². The van der Waals surface area contributed by atoms with Crippen LogP contribution in [0, 0.1) is 5.41 Å². The number of sulfonamides is 1. The molecule has 118 valence electrons. The van der Waals surface area contributed by atoms with Crippen LogP contribution in [0.4, 0.5) is 0 Å². The maximum Gasteiger partial charge on any atom is 0.241 e. The minimum atomic E-state index is -3.53. The SMILES string of the molecule is CCC1(CNS(=O)(=O)c2ccc(CO)cc2Br)CCCC1. The number of benzene rings is 1. The third kappa shape index (κ3) is 3.86. The van der Waals surface area contributed by atoms with Gasteiger partial charge in [0.25, 0.3) is 0 Å². The molecule has 4 nitrogen and oxygen atoms in total. The number of halogens is 1. The molecule has 1 saturated carbocycles. The fourth-order valence-electron chi connectivity index (χ4n) is 2.97. The van der Waals surface area contributed by atoms with Gasteiger partial charge in [-0.1, -0.05) is 25.8 Å². The number of hydrogen-bond acceptors (Lipinski definition) is 3. The predicted octanol–water partition coefficient (Wildman–Crippen LogP) is 3.19. The molecule has 1 aliphatic rings. The Morgan fingerprint density at radius 3 is 2.52 bits per heavy atom. The van der Waals surface area contributed by atoms with Crippen LogP contribution in [0.25, 0.3) is 0 Å². The first-order chi connectivity index (χ1) is 9.92. The number of aliphatic hydroxyl groups is 1. The van der Waals surface area contributed by atoms with Crippen LogP contribution in [0.5, 0.6) is 0 Å². The monoisotopic (exact) mass is 375 g/mol. The Morgan fingerprint density at radius 1 is 1.33 bits per heavy atom. The van der Waals surface area contributed by atoms with Crippen molar-refractivity contribution in [3.05, 3.63) is 28.2 Å². The zero-order valence-electron chi connectivity index (χ0n) is 12.2. The van der Waals surface area contributed by atoms with E-state index in [9.17, 15) is 8.42 Å². The second-order valence-electron chi connectivity index (χ2n) is 5.81. The Labute approximate surface area is 135 Å². The maximum atomic E-state index is 12.5. The molecule has 1 aliphatic carbocycles. The minimum Gasteiger partial charge on any atom is -0.392 e. The fraction of sp³-hybridized carbons (Fsp3) is 0.600. The Kier molecular flexibility index (Phi) is 5.46. The zero-order chi connectivity index (χ0) is 15.5. The van der Waals surface area contributed by atoms with E-state index in [0.717, 1.165) is 19.3 Å². The number of aliphatic hydroxyl groups excluding tert-OH is 1. The largest absolute Gasteiger partial charge is 0.392 e. The molecule has 21 heavy (non-hydrogen) atoms. The van der Waals surface area contributed by atoms with Gasteiger partial charge in [-0.15, -0.1) is 0 Å². The van der Waals surface area contributed by atoms with Crippen LogP contribution < -0.4 is 4.72 Å². The molecule has 0 aliphatic heterocycles. The van der Waals surface area contributed by atoms with E-state index in [1.165, 1.54) is 18.9 Å². The second-order valence-corrected chi connectivity index (χ2v) is 8.40. The van der Waals surface area contributed by atoms with Crippen molar-refractivity contribution in [1.29, 1.82) is 0 Å². The Hall–Kier alpha value is -0.430. The zero-order valence-corrected chi connectivity index (χ0v) is 14.6. The molecule has 2 rings (SSSR count). The van der Waals surface area contributed by atoms with E-state index >= 15 is 0 Å². The Bertz CT molecular complexity index is 595. The van der Waals surface area contributed by atoms with Crippen LogP contribution in [0.1, 0.15) is 44.6 Å². The van der Waals surface area contributed by atoms with Gasteiger partial charge >= 0.3 is 0 Å². The molecule has 0 saturated heterocycles. The summed E-state index contributed by atoms with van der Waals surface area (Å²) in [6.45, 7) is 2.52. The lowest BCUT2D eigenvalue weighted by Crippen LogP contribution is -2.35. The van der Waals surface area contributed by atoms with Gasteiger partial charge in [-0.05, 0) is 58.3 Å². The molecular weight excluding hydrogens is 354 g/mol. The first-order valence-corrected chi connectivity index (χ1v) is 9.59. The topological polar surface area (TPSA) is 66.4 Å². The van der Waals surface area contributed by atoms with Gasteiger partial charge in [0, 0.05) is 11.0 Å². The molecule has 1 aromatic rings. The molecule has 0 unspecified atom stereocenters. The van der Waals surface area contributed by atoms with Crippen LogP contribution >= 0.6 is 15.9 Å². The van der Waals surface area contributed by atoms with Crippen molar-refractivity contribution in [2.45, 2.75) is 50.5 Å². The normalized spacial score (nSPS) is 18.0. The summed E-state index contributed by atoms with van der Waals surface area (Å²) in [5, 5.41) is 9.08. The van der Waals surface area contributed by atoms with Crippen molar-refractivity contribution >= 4 is 26.0 Å². The Morgan fingerprint density at radius 2 is 2.00 bits per heavy atom.